The van der Waals surface area contributed by atoms with Crippen molar-refractivity contribution in [3.05, 3.63) is 55.1 Å². The van der Waals surface area contributed by atoms with Gasteiger partial charge in [0.05, 0.1) is 0 Å². The first-order valence-electron chi connectivity index (χ1n) is 4.06. The summed E-state index contributed by atoms with van der Waals surface area (Å²) in [5.74, 6) is 0. The Morgan fingerprint density at radius 2 is 1.54 bits per heavy atom. The zero-order chi connectivity index (χ0) is 10.5. The third-order valence-electron chi connectivity index (χ3n) is 1.16. The molecule has 0 aliphatic rings. The van der Waals surface area contributed by atoms with Gasteiger partial charge in [-0.2, -0.15) is 0 Å². The van der Waals surface area contributed by atoms with Crippen LogP contribution in [0.15, 0.2) is 49.6 Å². The van der Waals surface area contributed by atoms with Gasteiger partial charge in [-0.1, -0.05) is 42.5 Å². The fourth-order valence-corrected chi connectivity index (χ4v) is 0.757. The molecule has 0 saturated carbocycles. The van der Waals surface area contributed by atoms with E-state index in [4.69, 9.17) is 5.11 Å². The van der Waals surface area contributed by atoms with Crippen molar-refractivity contribution in [1.82, 2.24) is 0 Å². The molecule has 0 unspecified atom stereocenters. The van der Waals surface area contributed by atoms with Gasteiger partial charge < -0.3 is 5.11 Å². The zero-order valence-corrected chi connectivity index (χ0v) is 8.40. The second-order valence-electron chi connectivity index (χ2n) is 1.91. The van der Waals surface area contributed by atoms with Crippen LogP contribution < -0.4 is 0 Å². The van der Waals surface area contributed by atoms with Gasteiger partial charge >= 0.3 is 0 Å². The van der Waals surface area contributed by atoms with Crippen molar-refractivity contribution in [1.29, 1.82) is 0 Å². The average molecular weight is 178 g/mol. The fraction of sp³-hybridized carbons (Fsp3) is 0.167. The summed E-state index contributed by atoms with van der Waals surface area (Å²) in [6, 6.07) is 10.3. The van der Waals surface area contributed by atoms with Crippen LogP contribution in [-0.2, 0) is 0 Å². The van der Waals surface area contributed by atoms with E-state index >= 15 is 0 Å². The molecule has 0 amide bonds. The molecular weight excluding hydrogens is 160 g/mol. The largest absolute Gasteiger partial charge is 0.400 e. The van der Waals surface area contributed by atoms with Crippen LogP contribution in [0, 0.1) is 0 Å². The van der Waals surface area contributed by atoms with E-state index in [9.17, 15) is 0 Å². The van der Waals surface area contributed by atoms with Gasteiger partial charge in [0.1, 0.15) is 0 Å². The highest BCUT2D eigenvalue weighted by atomic mass is 16.2. The van der Waals surface area contributed by atoms with Crippen LogP contribution in [0.5, 0.6) is 0 Å². The topological polar surface area (TPSA) is 20.2 Å². The molecule has 1 rings (SSSR count). The fourth-order valence-electron chi connectivity index (χ4n) is 0.757. The van der Waals surface area contributed by atoms with Crippen molar-refractivity contribution in [2.24, 2.45) is 0 Å². The van der Waals surface area contributed by atoms with Crippen molar-refractivity contribution in [3.63, 3.8) is 0 Å². The van der Waals surface area contributed by atoms with Crippen LogP contribution in [0.25, 0.3) is 6.08 Å². The molecule has 0 heterocycles. The monoisotopic (exact) mass is 178 g/mol. The third-order valence-corrected chi connectivity index (χ3v) is 1.16. The minimum absolute atomic E-state index is 1.00. The molecule has 0 atom stereocenters. The molecule has 0 radical (unpaired) electrons. The number of benzene rings is 1. The first kappa shape index (κ1) is 14.2. The maximum Gasteiger partial charge on any atom is 0.0319 e. The highest BCUT2D eigenvalue weighted by molar-refractivity contribution is 5.47. The minimum atomic E-state index is 1.00. The van der Waals surface area contributed by atoms with Crippen LogP contribution in [0.2, 0.25) is 0 Å². The Kier molecular flexibility index (Phi) is 14.5. The summed E-state index contributed by atoms with van der Waals surface area (Å²) in [4.78, 5) is 0. The smallest absolute Gasteiger partial charge is 0.0319 e. The lowest BCUT2D eigenvalue weighted by molar-refractivity contribution is 0.399. The summed E-state index contributed by atoms with van der Waals surface area (Å²) in [7, 11) is 1.00. The maximum absolute atomic E-state index is 7.00. The number of aliphatic hydroxyl groups is 1. The van der Waals surface area contributed by atoms with E-state index in [0.717, 1.165) is 7.11 Å². The Hall–Kier alpha value is -1.34. The van der Waals surface area contributed by atoms with Gasteiger partial charge in [0.2, 0.25) is 0 Å². The molecular formula is C12H18O. The summed E-state index contributed by atoms with van der Waals surface area (Å²) in [5, 5.41) is 7.00. The number of rotatable bonds is 1. The van der Waals surface area contributed by atoms with Crippen LogP contribution in [0.3, 0.4) is 0 Å². The molecule has 13 heavy (non-hydrogen) atoms. The Morgan fingerprint density at radius 1 is 1.08 bits per heavy atom. The Morgan fingerprint density at radius 3 is 1.92 bits per heavy atom. The van der Waals surface area contributed by atoms with Crippen molar-refractivity contribution in [2.75, 3.05) is 7.11 Å². The van der Waals surface area contributed by atoms with Gasteiger partial charge in [-0.3, -0.25) is 0 Å². The van der Waals surface area contributed by atoms with Crippen LogP contribution in [0.4, 0.5) is 0 Å². The molecule has 72 valence electrons. The van der Waals surface area contributed by atoms with Gasteiger partial charge in [0.25, 0.3) is 0 Å². The number of aliphatic hydroxyl groups excluding tert-OH is 1. The minimum Gasteiger partial charge on any atom is -0.400 e. The van der Waals surface area contributed by atoms with Gasteiger partial charge in [0, 0.05) is 7.11 Å². The van der Waals surface area contributed by atoms with E-state index in [1.807, 2.05) is 31.2 Å². The van der Waals surface area contributed by atoms with Crippen LogP contribution in [0.1, 0.15) is 12.5 Å². The summed E-state index contributed by atoms with van der Waals surface area (Å²) < 4.78 is 0. The second kappa shape index (κ2) is 13.3. The molecule has 0 aliphatic heterocycles. The van der Waals surface area contributed by atoms with E-state index < -0.39 is 0 Å². The predicted molar refractivity (Wildman–Crippen MR) is 60.5 cm³/mol. The molecule has 1 N–H and O–H groups in total. The van der Waals surface area contributed by atoms with Gasteiger partial charge in [-0.25, -0.2) is 0 Å². The van der Waals surface area contributed by atoms with E-state index in [1.54, 1.807) is 0 Å². The molecule has 0 aromatic heterocycles. The first-order valence-corrected chi connectivity index (χ1v) is 4.06. The SMILES string of the molecule is C/C=C/c1ccccc1.C=C.CO. The number of hydrogen-bond donors (Lipinski definition) is 1. The van der Waals surface area contributed by atoms with Crippen molar-refractivity contribution in [3.8, 4) is 0 Å². The Bertz CT molecular complexity index is 202. The highest BCUT2D eigenvalue weighted by Crippen LogP contribution is 1.99. The zero-order valence-electron chi connectivity index (χ0n) is 8.40. The predicted octanol–water partition coefficient (Wildman–Crippen LogP) is 3.13. The van der Waals surface area contributed by atoms with Gasteiger partial charge in [0.15, 0.2) is 0 Å². The molecule has 1 heteroatoms. The van der Waals surface area contributed by atoms with Gasteiger partial charge in [-0.15, -0.1) is 13.2 Å². The molecule has 1 aromatic carbocycles. The molecule has 0 fully saturated rings. The standard InChI is InChI=1S/C9H10.C2H4.CH4O/c1-2-6-9-7-4-3-5-8-9;2*1-2/h2-8H,1H3;1-2H2;2H,1H3/b6-2+;;. The third kappa shape index (κ3) is 8.57. The lowest BCUT2D eigenvalue weighted by atomic mass is 10.2. The molecule has 0 spiro atoms. The quantitative estimate of drug-likeness (QED) is 0.655. The van der Waals surface area contributed by atoms with E-state index in [1.165, 1.54) is 5.56 Å². The lowest BCUT2D eigenvalue weighted by Crippen LogP contribution is -1.65. The van der Waals surface area contributed by atoms with E-state index in [-0.39, 0.29) is 0 Å². The molecule has 1 aromatic rings. The number of allylic oxidation sites excluding steroid dienone is 1. The molecule has 1 nitrogen and oxygen atoms in total. The van der Waals surface area contributed by atoms with Crippen molar-refractivity contribution < 1.29 is 5.11 Å². The summed E-state index contributed by atoms with van der Waals surface area (Å²) in [6.07, 6.45) is 4.12. The van der Waals surface area contributed by atoms with E-state index in [0.29, 0.717) is 0 Å². The lowest BCUT2D eigenvalue weighted by Gasteiger charge is -1.86. The second-order valence-corrected chi connectivity index (χ2v) is 1.91. The van der Waals surface area contributed by atoms with Crippen LogP contribution >= 0.6 is 0 Å². The van der Waals surface area contributed by atoms with E-state index in [2.05, 4.69) is 31.4 Å². The molecule has 0 aliphatic carbocycles. The molecule has 0 bridgehead atoms. The summed E-state index contributed by atoms with van der Waals surface area (Å²) >= 11 is 0. The summed E-state index contributed by atoms with van der Waals surface area (Å²) in [6.45, 7) is 8.02. The maximum atomic E-state index is 7.00. The normalized spacial score (nSPS) is 7.92. The molecule has 0 saturated heterocycles. The highest BCUT2D eigenvalue weighted by Gasteiger charge is 1.77. The van der Waals surface area contributed by atoms with Gasteiger partial charge in [-0.05, 0) is 12.5 Å². The number of hydrogen-bond acceptors (Lipinski definition) is 1. The Labute approximate surface area is 81.0 Å². The summed E-state index contributed by atoms with van der Waals surface area (Å²) in [5.41, 5.74) is 1.26. The van der Waals surface area contributed by atoms with Crippen molar-refractivity contribution >= 4 is 6.08 Å². The Balaban J connectivity index is 0. The van der Waals surface area contributed by atoms with Crippen LogP contribution in [-0.4, -0.2) is 12.2 Å². The van der Waals surface area contributed by atoms with Crippen molar-refractivity contribution in [2.45, 2.75) is 6.92 Å². The average Bonchev–Trinajstić information content (AvgIpc) is 2.26. The first-order chi connectivity index (χ1) is 6.43.